The zero-order chi connectivity index (χ0) is 24.6. The van der Waals surface area contributed by atoms with Crippen LogP contribution < -0.4 is 0 Å². The molecular weight excluding hydrogens is 440 g/mol. The molecule has 2 aromatic heterocycles. The summed E-state index contributed by atoms with van der Waals surface area (Å²) in [4.78, 5) is 4.24. The number of nitrogens with zero attached hydrogens (tertiary/aromatic N) is 4. The Balaban J connectivity index is 1.46. The molecular formula is C32H24N4. The largest absolute Gasteiger partial charge is 0.309 e. The average Bonchev–Trinajstić information content (AvgIpc) is 3.25. The van der Waals surface area contributed by atoms with E-state index in [1.807, 2.05) is 24.3 Å². The van der Waals surface area contributed by atoms with Crippen molar-refractivity contribution >= 4 is 22.6 Å². The lowest BCUT2D eigenvalue weighted by Gasteiger charge is -2.21. The van der Waals surface area contributed by atoms with Crippen molar-refractivity contribution in [2.75, 3.05) is 0 Å². The van der Waals surface area contributed by atoms with Crippen LogP contribution in [0, 0.1) is 28.6 Å². The summed E-state index contributed by atoms with van der Waals surface area (Å²) in [6.07, 6.45) is 14.6. The first kappa shape index (κ1) is 21.8. The third-order valence-electron chi connectivity index (χ3n) is 7.25. The highest BCUT2D eigenvalue weighted by atomic mass is 15.0. The Bertz CT molecular complexity index is 1680. The number of benzene rings is 2. The SMILES string of the molecule is CC1C=Cc2c(c3cc(C#N)ccc3n2-c2ccccc2C2=CCC(c3cccnc3C#N)C=C2)C1. The van der Waals surface area contributed by atoms with Gasteiger partial charge in [0.05, 0.1) is 22.8 Å². The van der Waals surface area contributed by atoms with Crippen LogP contribution in [0.15, 0.2) is 85.1 Å². The normalized spacial score (nSPS) is 18.4. The van der Waals surface area contributed by atoms with Crippen LogP contribution in [0.5, 0.6) is 0 Å². The Morgan fingerprint density at radius 3 is 2.67 bits per heavy atom. The molecule has 6 rings (SSSR count). The molecule has 0 bridgehead atoms. The molecule has 0 radical (unpaired) electrons. The second-order valence-corrected chi connectivity index (χ2v) is 9.51. The number of hydrogen-bond acceptors (Lipinski definition) is 3. The molecule has 0 N–H and O–H groups in total. The average molecular weight is 465 g/mol. The molecule has 0 saturated carbocycles. The fourth-order valence-corrected chi connectivity index (χ4v) is 5.51. The van der Waals surface area contributed by atoms with E-state index < -0.39 is 0 Å². The zero-order valence-electron chi connectivity index (χ0n) is 20.0. The van der Waals surface area contributed by atoms with Gasteiger partial charge in [-0.25, -0.2) is 4.98 Å². The van der Waals surface area contributed by atoms with Gasteiger partial charge in [-0.05, 0) is 71.9 Å². The molecule has 36 heavy (non-hydrogen) atoms. The molecule has 0 fully saturated rings. The van der Waals surface area contributed by atoms with Crippen LogP contribution in [0.2, 0.25) is 0 Å². The summed E-state index contributed by atoms with van der Waals surface area (Å²) in [6.45, 7) is 2.23. The van der Waals surface area contributed by atoms with Crippen LogP contribution in [0.1, 0.15) is 52.9 Å². The van der Waals surface area contributed by atoms with Gasteiger partial charge in [-0.3, -0.25) is 0 Å². The number of aromatic nitrogens is 2. The number of fused-ring (bicyclic) bond motifs is 3. The Kier molecular flexibility index (Phi) is 5.36. The summed E-state index contributed by atoms with van der Waals surface area (Å²) in [5, 5.41) is 20.2. The molecule has 4 aromatic rings. The quantitative estimate of drug-likeness (QED) is 0.325. The van der Waals surface area contributed by atoms with Crippen LogP contribution in [0.4, 0.5) is 0 Å². The Morgan fingerprint density at radius 1 is 0.972 bits per heavy atom. The molecule has 0 amide bonds. The molecule has 2 atom stereocenters. The summed E-state index contributed by atoms with van der Waals surface area (Å²) >= 11 is 0. The fraction of sp³-hybridized carbons (Fsp3) is 0.156. The second-order valence-electron chi connectivity index (χ2n) is 9.51. The predicted octanol–water partition coefficient (Wildman–Crippen LogP) is 7.10. The van der Waals surface area contributed by atoms with Gasteiger partial charge in [0.25, 0.3) is 0 Å². The number of rotatable bonds is 3. The molecule has 4 heteroatoms. The molecule has 0 saturated heterocycles. The van der Waals surface area contributed by atoms with Gasteiger partial charge in [-0.15, -0.1) is 0 Å². The molecule has 2 aliphatic carbocycles. The van der Waals surface area contributed by atoms with Gasteiger partial charge in [0.2, 0.25) is 0 Å². The lowest BCUT2D eigenvalue weighted by atomic mass is 9.87. The monoisotopic (exact) mass is 464 g/mol. The molecule has 4 nitrogen and oxygen atoms in total. The van der Waals surface area contributed by atoms with Crippen molar-refractivity contribution in [2.24, 2.45) is 5.92 Å². The van der Waals surface area contributed by atoms with E-state index in [0.29, 0.717) is 17.2 Å². The van der Waals surface area contributed by atoms with Gasteiger partial charge >= 0.3 is 0 Å². The molecule has 2 aromatic carbocycles. The van der Waals surface area contributed by atoms with Crippen molar-refractivity contribution in [3.63, 3.8) is 0 Å². The van der Waals surface area contributed by atoms with E-state index in [1.54, 1.807) is 6.20 Å². The maximum atomic E-state index is 9.52. The van der Waals surface area contributed by atoms with Crippen molar-refractivity contribution < 1.29 is 0 Å². The number of hydrogen-bond donors (Lipinski definition) is 0. The third kappa shape index (κ3) is 3.56. The Morgan fingerprint density at radius 2 is 1.86 bits per heavy atom. The topological polar surface area (TPSA) is 65.4 Å². The number of nitriles is 2. The van der Waals surface area contributed by atoms with Crippen molar-refractivity contribution in [3.8, 4) is 17.8 Å². The minimum Gasteiger partial charge on any atom is -0.309 e. The zero-order valence-corrected chi connectivity index (χ0v) is 20.0. The number of pyridine rings is 1. The summed E-state index contributed by atoms with van der Waals surface area (Å²) in [5.74, 6) is 0.600. The Hall–Kier alpha value is -4.67. The van der Waals surface area contributed by atoms with Gasteiger partial charge in [-0.2, -0.15) is 10.5 Å². The van der Waals surface area contributed by atoms with E-state index in [1.165, 1.54) is 16.8 Å². The molecule has 2 unspecified atom stereocenters. The standard InChI is InChI=1S/C32H24N4/c1-21-8-14-31-27(17-21)28-18-22(19-33)9-15-32(28)36(31)30-7-3-2-5-26(30)24-12-10-23(11-13-24)25-6-4-16-35-29(25)20-34/h2-10,12-16,18,21,23H,11,17H2,1H3. The van der Waals surface area contributed by atoms with E-state index in [4.69, 9.17) is 0 Å². The van der Waals surface area contributed by atoms with Crippen molar-refractivity contribution in [1.82, 2.24) is 9.55 Å². The lowest BCUT2D eigenvalue weighted by Crippen LogP contribution is -2.07. The minimum atomic E-state index is 0.137. The maximum absolute atomic E-state index is 9.52. The molecule has 2 aliphatic rings. The minimum absolute atomic E-state index is 0.137. The van der Waals surface area contributed by atoms with Gasteiger partial charge in [-0.1, -0.05) is 55.5 Å². The van der Waals surface area contributed by atoms with E-state index in [2.05, 4.69) is 89.3 Å². The lowest BCUT2D eigenvalue weighted by molar-refractivity contribution is 0.717. The van der Waals surface area contributed by atoms with Crippen molar-refractivity contribution in [2.45, 2.75) is 25.7 Å². The van der Waals surface area contributed by atoms with E-state index in [0.717, 1.165) is 40.6 Å². The van der Waals surface area contributed by atoms with E-state index in [9.17, 15) is 10.5 Å². The number of para-hydroxylation sites is 1. The van der Waals surface area contributed by atoms with Crippen LogP contribution in [-0.2, 0) is 6.42 Å². The highest BCUT2D eigenvalue weighted by Gasteiger charge is 2.23. The van der Waals surface area contributed by atoms with Crippen LogP contribution in [0.3, 0.4) is 0 Å². The van der Waals surface area contributed by atoms with Gasteiger partial charge in [0.1, 0.15) is 11.8 Å². The van der Waals surface area contributed by atoms with Gasteiger partial charge in [0, 0.05) is 28.8 Å². The Labute approximate surface area is 210 Å². The van der Waals surface area contributed by atoms with Crippen LogP contribution in [0.25, 0.3) is 28.2 Å². The summed E-state index contributed by atoms with van der Waals surface area (Å²) in [7, 11) is 0. The molecule has 0 aliphatic heterocycles. The molecule has 2 heterocycles. The van der Waals surface area contributed by atoms with Gasteiger partial charge in [0.15, 0.2) is 0 Å². The highest BCUT2D eigenvalue weighted by molar-refractivity contribution is 5.93. The third-order valence-corrected chi connectivity index (χ3v) is 7.25. The first-order chi connectivity index (χ1) is 17.7. The van der Waals surface area contributed by atoms with Crippen LogP contribution in [-0.4, -0.2) is 9.55 Å². The van der Waals surface area contributed by atoms with E-state index in [-0.39, 0.29) is 5.92 Å². The van der Waals surface area contributed by atoms with Crippen molar-refractivity contribution in [1.29, 1.82) is 10.5 Å². The van der Waals surface area contributed by atoms with Crippen molar-refractivity contribution in [3.05, 3.63) is 119 Å². The number of allylic oxidation sites excluding steroid dienone is 5. The maximum Gasteiger partial charge on any atom is 0.144 e. The fourth-order valence-electron chi connectivity index (χ4n) is 5.51. The predicted molar refractivity (Wildman–Crippen MR) is 143 cm³/mol. The highest BCUT2D eigenvalue weighted by Crippen LogP contribution is 2.39. The smallest absolute Gasteiger partial charge is 0.144 e. The second kappa shape index (κ2) is 8.84. The summed E-state index contributed by atoms with van der Waals surface area (Å²) in [6, 6.07) is 23.0. The first-order valence-corrected chi connectivity index (χ1v) is 12.3. The van der Waals surface area contributed by atoms with Gasteiger partial charge < -0.3 is 4.57 Å². The van der Waals surface area contributed by atoms with Crippen LogP contribution >= 0.6 is 0 Å². The summed E-state index contributed by atoms with van der Waals surface area (Å²) < 4.78 is 2.35. The van der Waals surface area contributed by atoms with E-state index >= 15 is 0 Å². The molecule has 172 valence electrons. The first-order valence-electron chi connectivity index (χ1n) is 12.3. The summed E-state index contributed by atoms with van der Waals surface area (Å²) in [5.41, 5.74) is 9.23. The molecule has 0 spiro atoms.